The second-order valence-corrected chi connectivity index (χ2v) is 5.93. The molecule has 0 saturated carbocycles. The molecule has 0 fully saturated rings. The van der Waals surface area contributed by atoms with Crippen molar-refractivity contribution in [2.75, 3.05) is 16.9 Å². The summed E-state index contributed by atoms with van der Waals surface area (Å²) in [6, 6.07) is 14.7. The Hall–Kier alpha value is -2.27. The number of nitrogens with one attached hydrogen (secondary N) is 2. The summed E-state index contributed by atoms with van der Waals surface area (Å²) in [5.41, 5.74) is 3.12. The predicted octanol–water partition coefficient (Wildman–Crippen LogP) is 4.15. The molecule has 0 aliphatic rings. The number of amides is 2. The lowest BCUT2D eigenvalue weighted by Crippen LogP contribution is -2.13. The fraction of sp³-hybridized carbons (Fsp3) is 0.222. The number of thioether (sulfide) groups is 1. The molecule has 0 saturated heterocycles. The molecule has 120 valence electrons. The van der Waals surface area contributed by atoms with E-state index in [1.807, 2.05) is 30.5 Å². The van der Waals surface area contributed by atoms with Gasteiger partial charge in [-0.25, -0.2) is 0 Å². The number of hydrogen-bond donors (Lipinski definition) is 2. The number of benzene rings is 2. The Morgan fingerprint density at radius 2 is 1.65 bits per heavy atom. The minimum atomic E-state index is -0.167. The van der Waals surface area contributed by atoms with Gasteiger partial charge in [0.05, 0.1) is 0 Å². The van der Waals surface area contributed by atoms with Crippen LogP contribution < -0.4 is 10.6 Å². The lowest BCUT2D eigenvalue weighted by molar-refractivity contribution is -0.115. The van der Waals surface area contributed by atoms with Crippen LogP contribution in [0.1, 0.15) is 29.3 Å². The topological polar surface area (TPSA) is 58.2 Å². The highest BCUT2D eigenvalue weighted by Crippen LogP contribution is 2.17. The van der Waals surface area contributed by atoms with Gasteiger partial charge in [0.1, 0.15) is 0 Å². The number of rotatable bonds is 6. The van der Waals surface area contributed by atoms with Gasteiger partial charge in [-0.1, -0.05) is 25.1 Å². The molecule has 4 nitrogen and oxygen atoms in total. The quantitative estimate of drug-likeness (QED) is 0.837. The monoisotopic (exact) mass is 328 g/mol. The van der Waals surface area contributed by atoms with Crippen LogP contribution in [0.3, 0.4) is 0 Å². The summed E-state index contributed by atoms with van der Waals surface area (Å²) in [5, 5.41) is 5.62. The zero-order valence-electron chi connectivity index (χ0n) is 13.3. The van der Waals surface area contributed by atoms with Gasteiger partial charge in [-0.15, -0.1) is 0 Å². The molecule has 0 aliphatic heterocycles. The standard InChI is InChI=1S/C18H20N2O2S/c1-3-17(21)19-15-5-4-6-16(11-15)20-18(22)14-9-7-13(8-10-14)12-23-2/h4-11H,3,12H2,1-2H3,(H,19,21)(H,20,22). The van der Waals surface area contributed by atoms with Crippen LogP contribution in [0.25, 0.3) is 0 Å². The molecule has 0 aromatic heterocycles. The molecule has 2 rings (SSSR count). The van der Waals surface area contributed by atoms with Crippen LogP contribution in [0, 0.1) is 0 Å². The van der Waals surface area contributed by atoms with Gasteiger partial charge < -0.3 is 10.6 Å². The van der Waals surface area contributed by atoms with E-state index in [0.29, 0.717) is 23.4 Å². The first kappa shape index (κ1) is 17.1. The van der Waals surface area contributed by atoms with Crippen LogP contribution in [-0.4, -0.2) is 18.1 Å². The van der Waals surface area contributed by atoms with Crippen LogP contribution in [-0.2, 0) is 10.5 Å². The normalized spacial score (nSPS) is 10.2. The van der Waals surface area contributed by atoms with Crippen molar-refractivity contribution in [3.63, 3.8) is 0 Å². The van der Waals surface area contributed by atoms with Crippen molar-refractivity contribution in [1.82, 2.24) is 0 Å². The van der Waals surface area contributed by atoms with E-state index in [1.54, 1.807) is 43.0 Å². The van der Waals surface area contributed by atoms with E-state index in [0.717, 1.165) is 5.75 Å². The van der Waals surface area contributed by atoms with E-state index in [2.05, 4.69) is 10.6 Å². The lowest BCUT2D eigenvalue weighted by Gasteiger charge is -2.09. The Kier molecular flexibility index (Phi) is 6.23. The number of hydrogen-bond acceptors (Lipinski definition) is 3. The maximum atomic E-state index is 12.3. The predicted molar refractivity (Wildman–Crippen MR) is 97.0 cm³/mol. The average molecular weight is 328 g/mol. The molecule has 5 heteroatoms. The minimum absolute atomic E-state index is 0.0575. The summed E-state index contributed by atoms with van der Waals surface area (Å²) in [4.78, 5) is 23.7. The van der Waals surface area contributed by atoms with Crippen molar-refractivity contribution in [3.05, 3.63) is 59.7 Å². The van der Waals surface area contributed by atoms with E-state index in [1.165, 1.54) is 5.56 Å². The van der Waals surface area contributed by atoms with E-state index in [-0.39, 0.29) is 11.8 Å². The molecular formula is C18H20N2O2S. The average Bonchev–Trinajstić information content (AvgIpc) is 2.56. The molecule has 0 unspecified atom stereocenters. The van der Waals surface area contributed by atoms with Gasteiger partial charge in [-0.05, 0) is 42.2 Å². The molecule has 23 heavy (non-hydrogen) atoms. The third-order valence-corrected chi connectivity index (χ3v) is 3.87. The zero-order chi connectivity index (χ0) is 16.7. The molecule has 2 aromatic rings. The summed E-state index contributed by atoms with van der Waals surface area (Å²) in [7, 11) is 0. The van der Waals surface area contributed by atoms with Gasteiger partial charge in [0.25, 0.3) is 5.91 Å². The minimum Gasteiger partial charge on any atom is -0.326 e. The molecule has 0 atom stereocenters. The second kappa shape index (κ2) is 8.39. The molecule has 0 radical (unpaired) electrons. The van der Waals surface area contributed by atoms with Crippen molar-refractivity contribution in [2.24, 2.45) is 0 Å². The Morgan fingerprint density at radius 1 is 1.00 bits per heavy atom. The Bertz CT molecular complexity index is 684. The lowest BCUT2D eigenvalue weighted by atomic mass is 10.1. The Labute approximate surface area is 140 Å². The summed E-state index contributed by atoms with van der Waals surface area (Å²) in [6.07, 6.45) is 2.46. The summed E-state index contributed by atoms with van der Waals surface area (Å²) >= 11 is 1.74. The first-order valence-corrected chi connectivity index (χ1v) is 8.81. The van der Waals surface area contributed by atoms with E-state index >= 15 is 0 Å². The van der Waals surface area contributed by atoms with Gasteiger partial charge in [-0.3, -0.25) is 9.59 Å². The van der Waals surface area contributed by atoms with Gasteiger partial charge in [0, 0.05) is 29.1 Å². The first-order valence-electron chi connectivity index (χ1n) is 7.41. The fourth-order valence-electron chi connectivity index (χ4n) is 2.05. The highest BCUT2D eigenvalue weighted by atomic mass is 32.2. The van der Waals surface area contributed by atoms with E-state index in [4.69, 9.17) is 0 Å². The molecule has 2 N–H and O–H groups in total. The number of anilines is 2. The molecular weight excluding hydrogens is 308 g/mol. The maximum Gasteiger partial charge on any atom is 0.255 e. The van der Waals surface area contributed by atoms with Crippen molar-refractivity contribution in [1.29, 1.82) is 0 Å². The Balaban J connectivity index is 2.04. The third kappa shape index (κ3) is 5.14. The largest absolute Gasteiger partial charge is 0.326 e. The van der Waals surface area contributed by atoms with Crippen molar-refractivity contribution in [3.8, 4) is 0 Å². The van der Waals surface area contributed by atoms with Crippen molar-refractivity contribution < 1.29 is 9.59 Å². The smallest absolute Gasteiger partial charge is 0.255 e. The summed E-state index contributed by atoms with van der Waals surface area (Å²) < 4.78 is 0. The van der Waals surface area contributed by atoms with E-state index < -0.39 is 0 Å². The molecule has 0 aliphatic carbocycles. The number of carbonyl (C=O) groups is 2. The van der Waals surface area contributed by atoms with Gasteiger partial charge in [0.15, 0.2) is 0 Å². The summed E-state index contributed by atoms with van der Waals surface area (Å²) in [6.45, 7) is 1.79. The SMILES string of the molecule is CCC(=O)Nc1cccc(NC(=O)c2ccc(CSC)cc2)c1. The maximum absolute atomic E-state index is 12.3. The van der Waals surface area contributed by atoms with Gasteiger partial charge in [0.2, 0.25) is 5.91 Å². The van der Waals surface area contributed by atoms with Crippen LogP contribution >= 0.6 is 11.8 Å². The fourth-order valence-corrected chi connectivity index (χ4v) is 2.57. The van der Waals surface area contributed by atoms with Crippen LogP contribution in [0.4, 0.5) is 11.4 Å². The van der Waals surface area contributed by atoms with Gasteiger partial charge in [-0.2, -0.15) is 11.8 Å². The van der Waals surface area contributed by atoms with Crippen LogP contribution in [0.2, 0.25) is 0 Å². The zero-order valence-corrected chi connectivity index (χ0v) is 14.1. The van der Waals surface area contributed by atoms with Crippen molar-refractivity contribution in [2.45, 2.75) is 19.1 Å². The molecule has 0 spiro atoms. The molecule has 0 bridgehead atoms. The van der Waals surface area contributed by atoms with Crippen LogP contribution in [0.5, 0.6) is 0 Å². The first-order chi connectivity index (χ1) is 11.1. The summed E-state index contributed by atoms with van der Waals surface area (Å²) in [5.74, 6) is 0.707. The highest BCUT2D eigenvalue weighted by Gasteiger charge is 2.07. The van der Waals surface area contributed by atoms with Crippen LogP contribution in [0.15, 0.2) is 48.5 Å². The van der Waals surface area contributed by atoms with Gasteiger partial charge >= 0.3 is 0 Å². The second-order valence-electron chi connectivity index (χ2n) is 5.07. The molecule has 2 aromatic carbocycles. The number of carbonyl (C=O) groups excluding carboxylic acids is 2. The molecule has 2 amide bonds. The third-order valence-electron chi connectivity index (χ3n) is 3.25. The van der Waals surface area contributed by atoms with E-state index in [9.17, 15) is 9.59 Å². The van der Waals surface area contributed by atoms with Crippen molar-refractivity contribution >= 4 is 35.0 Å². The molecule has 0 heterocycles. The highest BCUT2D eigenvalue weighted by molar-refractivity contribution is 7.97. The Morgan fingerprint density at radius 3 is 2.26 bits per heavy atom.